The van der Waals surface area contributed by atoms with Crippen molar-refractivity contribution in [2.45, 2.75) is 26.7 Å². The van der Waals surface area contributed by atoms with Gasteiger partial charge in [-0.05, 0) is 82.9 Å². The van der Waals surface area contributed by atoms with Crippen LogP contribution in [0.25, 0.3) is 5.57 Å². The largest absolute Gasteiger partial charge is 0.494 e. The van der Waals surface area contributed by atoms with E-state index < -0.39 is 11.6 Å². The van der Waals surface area contributed by atoms with Crippen LogP contribution in [-0.2, 0) is 4.79 Å². The number of methoxy groups -OCH3 is 1. The lowest BCUT2D eigenvalue weighted by molar-refractivity contribution is -0.126. The maximum atomic E-state index is 14.8. The lowest BCUT2D eigenvalue weighted by Gasteiger charge is -2.32. The molecule has 2 amide bonds. The SMILES string of the molecule is C=CN1CC(c2ccc(OC)c(F)c2F)=CN=C1/C(=N\CC)Nc1ccc(C(=O)N2CCC(C(=O)NCC(CO)CN(C)C)CC2)c(C)c1. The molecule has 2 aromatic rings. The molecule has 0 saturated carbocycles. The highest BCUT2D eigenvalue weighted by Gasteiger charge is 2.29. The molecule has 13 heteroatoms. The Hall–Kier alpha value is -4.62. The maximum Gasteiger partial charge on any atom is 0.254 e. The molecule has 3 N–H and O–H groups in total. The van der Waals surface area contributed by atoms with E-state index in [9.17, 15) is 23.5 Å². The van der Waals surface area contributed by atoms with Crippen LogP contribution in [0.2, 0.25) is 0 Å². The first-order valence-corrected chi connectivity index (χ1v) is 16.4. The Balaban J connectivity index is 1.42. The molecule has 11 nitrogen and oxygen atoms in total. The number of amides is 2. The first kappa shape index (κ1) is 37.2. The summed E-state index contributed by atoms with van der Waals surface area (Å²) in [5.41, 5.74) is 2.56. The molecular formula is C36H47F2N7O4. The third kappa shape index (κ3) is 9.09. The lowest BCUT2D eigenvalue weighted by atomic mass is 9.94. The number of hydrogen-bond donors (Lipinski definition) is 3. The number of ether oxygens (including phenoxy) is 1. The molecule has 1 unspecified atom stereocenters. The van der Waals surface area contributed by atoms with Crippen LogP contribution >= 0.6 is 0 Å². The number of anilines is 1. The summed E-state index contributed by atoms with van der Waals surface area (Å²) in [4.78, 5) is 40.9. The normalized spacial score (nSPS) is 16.2. The van der Waals surface area contributed by atoms with Crippen molar-refractivity contribution in [2.75, 3.05) is 72.4 Å². The highest BCUT2D eigenvalue weighted by molar-refractivity contribution is 6.45. The molecule has 2 aliphatic heterocycles. The Bertz CT molecular complexity index is 1620. The van der Waals surface area contributed by atoms with Gasteiger partial charge in [-0.2, -0.15) is 4.39 Å². The zero-order valence-electron chi connectivity index (χ0n) is 28.9. The number of amidine groups is 2. The maximum absolute atomic E-state index is 14.8. The molecule has 2 aliphatic rings. The molecule has 49 heavy (non-hydrogen) atoms. The summed E-state index contributed by atoms with van der Waals surface area (Å²) in [6.07, 6.45) is 4.18. The standard InChI is InChI=1S/C36H47F2N7O4/c1-7-39-33(34-40-19-26(21-44(34)8-2)29-11-12-30(49-6)32(38)31(29)37)42-27-9-10-28(23(3)17-27)36(48)45-15-13-25(14-16-45)35(47)41-18-24(22-46)20-43(4)5/h8-12,17,19,24-25,46H,2,7,13-16,18,20-22H2,1,3-6H3,(H,39,42)(H,41,47). The van der Waals surface area contributed by atoms with E-state index in [2.05, 4.69) is 27.2 Å². The van der Waals surface area contributed by atoms with E-state index >= 15 is 0 Å². The zero-order valence-corrected chi connectivity index (χ0v) is 28.9. The van der Waals surface area contributed by atoms with Crippen LogP contribution < -0.4 is 15.4 Å². The predicted octanol–water partition coefficient (Wildman–Crippen LogP) is 4.15. The van der Waals surface area contributed by atoms with Gasteiger partial charge in [0.15, 0.2) is 23.2 Å². The van der Waals surface area contributed by atoms with Gasteiger partial charge in [0.2, 0.25) is 11.7 Å². The monoisotopic (exact) mass is 679 g/mol. The number of aliphatic hydroxyl groups excluding tert-OH is 1. The molecule has 264 valence electrons. The van der Waals surface area contributed by atoms with E-state index in [1.165, 1.54) is 25.4 Å². The fourth-order valence-corrected chi connectivity index (χ4v) is 6.00. The zero-order chi connectivity index (χ0) is 35.7. The van der Waals surface area contributed by atoms with Gasteiger partial charge in [0.1, 0.15) is 0 Å². The van der Waals surface area contributed by atoms with Crippen molar-refractivity contribution < 1.29 is 28.2 Å². The number of rotatable bonds is 13. The second-order valence-electron chi connectivity index (χ2n) is 12.5. The van der Waals surface area contributed by atoms with Crippen LogP contribution in [-0.4, -0.2) is 110 Å². The second kappa shape index (κ2) is 17.2. The van der Waals surface area contributed by atoms with E-state index in [1.807, 2.05) is 38.9 Å². The van der Waals surface area contributed by atoms with E-state index in [0.717, 1.165) is 5.56 Å². The number of hydrogen-bond acceptors (Lipinski definition) is 8. The molecule has 0 aromatic heterocycles. The predicted molar refractivity (Wildman–Crippen MR) is 189 cm³/mol. The molecule has 1 fully saturated rings. The van der Waals surface area contributed by atoms with E-state index in [4.69, 9.17) is 4.74 Å². The van der Waals surface area contributed by atoms with Crippen LogP contribution in [0.15, 0.2) is 59.3 Å². The van der Waals surface area contributed by atoms with E-state index in [0.29, 0.717) is 74.1 Å². The quantitative estimate of drug-likeness (QED) is 0.215. The number of aryl methyl sites for hydroxylation is 1. The molecule has 0 spiro atoms. The number of likely N-dealkylation sites (tertiary alicyclic amines) is 1. The number of nitrogens with one attached hydrogen (secondary N) is 2. The van der Waals surface area contributed by atoms with Crippen molar-refractivity contribution in [3.63, 3.8) is 0 Å². The minimum atomic E-state index is -1.07. The van der Waals surface area contributed by atoms with Crippen molar-refractivity contribution in [3.8, 4) is 5.75 Å². The van der Waals surface area contributed by atoms with Crippen LogP contribution in [0.5, 0.6) is 5.75 Å². The molecule has 2 heterocycles. The molecule has 0 bridgehead atoms. The Labute approximate surface area is 287 Å². The van der Waals surface area contributed by atoms with Gasteiger partial charge in [0.05, 0.1) is 13.7 Å². The molecule has 0 radical (unpaired) electrons. The van der Waals surface area contributed by atoms with Gasteiger partial charge in [-0.25, -0.2) is 9.38 Å². The Kier molecular flexibility index (Phi) is 13.0. The molecule has 4 rings (SSSR count). The van der Waals surface area contributed by atoms with Crippen molar-refractivity contribution in [1.29, 1.82) is 0 Å². The number of halogens is 2. The number of carbonyl (C=O) groups is 2. The van der Waals surface area contributed by atoms with Crippen molar-refractivity contribution >= 4 is 34.7 Å². The van der Waals surface area contributed by atoms with Gasteiger partial charge in [0, 0.05) is 79.8 Å². The summed E-state index contributed by atoms with van der Waals surface area (Å²) in [7, 11) is 5.13. The Morgan fingerprint density at radius 2 is 1.94 bits per heavy atom. The summed E-state index contributed by atoms with van der Waals surface area (Å²) in [5, 5.41) is 15.9. The summed E-state index contributed by atoms with van der Waals surface area (Å²) in [6, 6.07) is 8.27. The van der Waals surface area contributed by atoms with Gasteiger partial charge in [-0.15, -0.1) is 0 Å². The topological polar surface area (TPSA) is 122 Å². The van der Waals surface area contributed by atoms with Crippen LogP contribution in [0.1, 0.15) is 41.3 Å². The Morgan fingerprint density at radius 3 is 2.55 bits per heavy atom. The van der Waals surface area contributed by atoms with Crippen molar-refractivity contribution in [3.05, 3.63) is 77.6 Å². The highest BCUT2D eigenvalue weighted by atomic mass is 19.2. The Morgan fingerprint density at radius 1 is 1.20 bits per heavy atom. The fraction of sp³-hybridized carbons (Fsp3) is 0.444. The van der Waals surface area contributed by atoms with Crippen LogP contribution in [0.4, 0.5) is 14.5 Å². The molecule has 1 atom stereocenters. The van der Waals surface area contributed by atoms with Gasteiger partial charge >= 0.3 is 0 Å². The molecule has 2 aromatic carbocycles. The minimum absolute atomic E-state index is 0.00290. The summed E-state index contributed by atoms with van der Waals surface area (Å²) in [6.45, 7) is 10.3. The third-order valence-electron chi connectivity index (χ3n) is 8.64. The summed E-state index contributed by atoms with van der Waals surface area (Å²) in [5.74, 6) is -1.70. The molecule has 0 aliphatic carbocycles. The number of nitrogens with zero attached hydrogens (tertiary/aromatic N) is 5. The summed E-state index contributed by atoms with van der Waals surface area (Å²) >= 11 is 0. The van der Waals surface area contributed by atoms with Crippen LogP contribution in [0, 0.1) is 30.4 Å². The molecule has 1 saturated heterocycles. The smallest absolute Gasteiger partial charge is 0.254 e. The third-order valence-corrected chi connectivity index (χ3v) is 8.64. The van der Waals surface area contributed by atoms with Gasteiger partial charge < -0.3 is 35.2 Å². The average Bonchev–Trinajstić information content (AvgIpc) is 3.10. The average molecular weight is 680 g/mol. The second-order valence-corrected chi connectivity index (χ2v) is 12.5. The van der Waals surface area contributed by atoms with E-state index in [1.54, 1.807) is 28.1 Å². The van der Waals surface area contributed by atoms with Gasteiger partial charge in [-0.3, -0.25) is 14.6 Å². The lowest BCUT2D eigenvalue weighted by Crippen LogP contribution is -2.44. The number of aliphatic imine (C=N–C) groups is 2. The fourth-order valence-electron chi connectivity index (χ4n) is 6.00. The minimum Gasteiger partial charge on any atom is -0.494 e. The number of benzene rings is 2. The number of piperidine rings is 1. The number of aliphatic hydroxyl groups is 1. The molecular weight excluding hydrogens is 632 g/mol. The van der Waals surface area contributed by atoms with Gasteiger partial charge in [0.25, 0.3) is 5.91 Å². The van der Waals surface area contributed by atoms with E-state index in [-0.39, 0.29) is 48.1 Å². The first-order chi connectivity index (χ1) is 23.5. The highest BCUT2D eigenvalue weighted by Crippen LogP contribution is 2.29. The van der Waals surface area contributed by atoms with Crippen molar-refractivity contribution in [1.82, 2.24) is 20.0 Å². The number of carbonyl (C=O) groups excluding carboxylic acids is 2. The van der Waals surface area contributed by atoms with Crippen molar-refractivity contribution in [2.24, 2.45) is 21.8 Å². The summed E-state index contributed by atoms with van der Waals surface area (Å²) < 4.78 is 34.1. The first-order valence-electron chi connectivity index (χ1n) is 16.4. The van der Waals surface area contributed by atoms with Gasteiger partial charge in [-0.1, -0.05) is 6.58 Å². The van der Waals surface area contributed by atoms with Crippen LogP contribution in [0.3, 0.4) is 0 Å².